The number of sulfone groups is 1. The van der Waals surface area contributed by atoms with Crippen LogP contribution in [0.2, 0.25) is 0 Å². The van der Waals surface area contributed by atoms with Gasteiger partial charge in [-0.2, -0.15) is 0 Å². The lowest BCUT2D eigenvalue weighted by molar-refractivity contribution is 0.122. The smallest absolute Gasteiger partial charge is 0.153 e. The normalized spacial score (nSPS) is 26.4. The summed E-state index contributed by atoms with van der Waals surface area (Å²) in [6.07, 6.45) is 4.59. The molecule has 0 aromatic carbocycles. The molecule has 2 aliphatic rings. The summed E-state index contributed by atoms with van der Waals surface area (Å²) in [5.41, 5.74) is 0. The van der Waals surface area contributed by atoms with E-state index in [0.717, 1.165) is 45.1 Å². The van der Waals surface area contributed by atoms with Crippen molar-refractivity contribution in [1.82, 2.24) is 10.6 Å². The average Bonchev–Trinajstić information content (AvgIpc) is 3.15. The van der Waals surface area contributed by atoms with Crippen LogP contribution >= 0.6 is 0 Å². The van der Waals surface area contributed by atoms with Gasteiger partial charge < -0.3 is 15.4 Å². The zero-order valence-electron chi connectivity index (χ0n) is 11.6. The molecule has 112 valence electrons. The Balaban J connectivity index is 1.40. The Morgan fingerprint density at radius 2 is 2.11 bits per heavy atom. The van der Waals surface area contributed by atoms with Crippen LogP contribution in [0.5, 0.6) is 0 Å². The van der Waals surface area contributed by atoms with E-state index in [0.29, 0.717) is 12.3 Å². The Hall–Kier alpha value is -0.170. The maximum absolute atomic E-state index is 11.5. The minimum Gasteiger partial charge on any atom is -0.381 e. The molecule has 0 bridgehead atoms. The molecule has 0 aromatic heterocycles. The highest BCUT2D eigenvalue weighted by Crippen LogP contribution is 2.28. The summed E-state index contributed by atoms with van der Waals surface area (Å²) in [4.78, 5) is 0. The molecule has 1 aliphatic carbocycles. The maximum atomic E-state index is 11.5. The molecule has 1 atom stereocenters. The number of ether oxygens (including phenoxy) is 1. The molecule has 2 fully saturated rings. The van der Waals surface area contributed by atoms with E-state index in [-0.39, 0.29) is 11.8 Å². The maximum Gasteiger partial charge on any atom is 0.153 e. The van der Waals surface area contributed by atoms with Crippen LogP contribution < -0.4 is 10.6 Å². The summed E-state index contributed by atoms with van der Waals surface area (Å²) < 4.78 is 28.5. The van der Waals surface area contributed by atoms with Crippen molar-refractivity contribution >= 4 is 9.84 Å². The Labute approximate surface area is 116 Å². The van der Waals surface area contributed by atoms with Crippen LogP contribution in [0.25, 0.3) is 0 Å². The van der Waals surface area contributed by atoms with E-state index < -0.39 is 9.84 Å². The first-order chi connectivity index (χ1) is 9.16. The highest BCUT2D eigenvalue weighted by Gasteiger charge is 2.23. The van der Waals surface area contributed by atoms with Crippen molar-refractivity contribution in [3.05, 3.63) is 0 Å². The third-order valence-electron chi connectivity index (χ3n) is 3.66. The second kappa shape index (κ2) is 7.57. The summed E-state index contributed by atoms with van der Waals surface area (Å²) in [7, 11) is -2.80. The Morgan fingerprint density at radius 1 is 1.26 bits per heavy atom. The van der Waals surface area contributed by atoms with Gasteiger partial charge in [0.2, 0.25) is 0 Å². The summed E-state index contributed by atoms with van der Waals surface area (Å²) in [5.74, 6) is 1.42. The average molecular weight is 290 g/mol. The molecule has 0 radical (unpaired) electrons. The number of nitrogens with one attached hydrogen (secondary N) is 2. The molecular formula is C13H26N2O3S. The lowest BCUT2D eigenvalue weighted by Gasteiger charge is -2.23. The lowest BCUT2D eigenvalue weighted by atomic mass is 10.2. The summed E-state index contributed by atoms with van der Waals surface area (Å²) in [5, 5.41) is 6.61. The summed E-state index contributed by atoms with van der Waals surface area (Å²) >= 11 is 0. The van der Waals surface area contributed by atoms with Crippen LogP contribution in [-0.4, -0.2) is 58.8 Å². The molecular weight excluding hydrogens is 264 g/mol. The van der Waals surface area contributed by atoms with Crippen molar-refractivity contribution in [2.75, 3.05) is 44.4 Å². The SMILES string of the molecule is O=S1(=O)CCNC(CCNCCCOCC2CC2)C1. The lowest BCUT2D eigenvalue weighted by Crippen LogP contribution is -2.46. The predicted octanol–water partition coefficient (Wildman–Crippen LogP) is 0.169. The van der Waals surface area contributed by atoms with E-state index >= 15 is 0 Å². The molecule has 1 saturated carbocycles. The number of hydrogen-bond donors (Lipinski definition) is 2. The first-order valence-electron chi connectivity index (χ1n) is 7.38. The Morgan fingerprint density at radius 3 is 2.84 bits per heavy atom. The van der Waals surface area contributed by atoms with Gasteiger partial charge in [0.05, 0.1) is 11.5 Å². The zero-order chi connectivity index (χ0) is 13.6. The van der Waals surface area contributed by atoms with Crippen LogP contribution in [0.4, 0.5) is 0 Å². The van der Waals surface area contributed by atoms with Gasteiger partial charge in [0.15, 0.2) is 9.84 Å². The molecule has 19 heavy (non-hydrogen) atoms. The van der Waals surface area contributed by atoms with Crippen molar-refractivity contribution in [3.8, 4) is 0 Å². The zero-order valence-corrected chi connectivity index (χ0v) is 12.4. The van der Waals surface area contributed by atoms with Crippen LogP contribution in [0.3, 0.4) is 0 Å². The Bertz CT molecular complexity index is 355. The van der Waals surface area contributed by atoms with Crippen molar-refractivity contribution in [2.45, 2.75) is 31.7 Å². The largest absolute Gasteiger partial charge is 0.381 e. The molecule has 6 heteroatoms. The quantitative estimate of drug-likeness (QED) is 0.593. The third-order valence-corrected chi connectivity index (χ3v) is 5.40. The molecule has 0 spiro atoms. The second-order valence-electron chi connectivity index (χ2n) is 5.68. The summed E-state index contributed by atoms with van der Waals surface area (Å²) in [6, 6.07) is 0.123. The van der Waals surface area contributed by atoms with Gasteiger partial charge in [-0.25, -0.2) is 8.42 Å². The molecule has 1 heterocycles. The topological polar surface area (TPSA) is 67.4 Å². The first kappa shape index (κ1) is 15.2. The fraction of sp³-hybridized carbons (Fsp3) is 1.00. The fourth-order valence-corrected chi connectivity index (χ4v) is 3.78. The molecule has 0 aromatic rings. The third kappa shape index (κ3) is 6.70. The fourth-order valence-electron chi connectivity index (χ4n) is 2.29. The standard InChI is InChI=1S/C13H26N2O3S/c16-19(17)9-7-15-13(11-19)4-6-14-5-1-8-18-10-12-2-3-12/h12-15H,1-11H2. The number of rotatable bonds is 9. The van der Waals surface area contributed by atoms with E-state index in [1.54, 1.807) is 0 Å². The van der Waals surface area contributed by atoms with Gasteiger partial charge in [-0.1, -0.05) is 0 Å². The molecule has 1 aliphatic heterocycles. The van der Waals surface area contributed by atoms with E-state index in [2.05, 4.69) is 10.6 Å². The monoisotopic (exact) mass is 290 g/mol. The van der Waals surface area contributed by atoms with Gasteiger partial charge in [0, 0.05) is 25.8 Å². The van der Waals surface area contributed by atoms with Gasteiger partial charge in [-0.15, -0.1) is 0 Å². The molecule has 1 saturated heterocycles. The highest BCUT2D eigenvalue weighted by atomic mass is 32.2. The van der Waals surface area contributed by atoms with Crippen LogP contribution in [-0.2, 0) is 14.6 Å². The molecule has 5 nitrogen and oxygen atoms in total. The van der Waals surface area contributed by atoms with Gasteiger partial charge in [-0.3, -0.25) is 0 Å². The first-order valence-corrected chi connectivity index (χ1v) is 9.20. The van der Waals surface area contributed by atoms with Gasteiger partial charge in [0.1, 0.15) is 0 Å². The second-order valence-corrected chi connectivity index (χ2v) is 7.90. The highest BCUT2D eigenvalue weighted by molar-refractivity contribution is 7.91. The molecule has 2 rings (SSSR count). The number of hydrogen-bond acceptors (Lipinski definition) is 5. The molecule has 0 amide bonds. The van der Waals surface area contributed by atoms with Crippen LogP contribution in [0.1, 0.15) is 25.7 Å². The van der Waals surface area contributed by atoms with E-state index in [1.807, 2.05) is 0 Å². The minimum absolute atomic E-state index is 0.123. The van der Waals surface area contributed by atoms with Gasteiger partial charge in [0.25, 0.3) is 0 Å². The van der Waals surface area contributed by atoms with Crippen molar-refractivity contribution in [1.29, 1.82) is 0 Å². The van der Waals surface area contributed by atoms with Crippen molar-refractivity contribution in [3.63, 3.8) is 0 Å². The minimum atomic E-state index is -2.80. The van der Waals surface area contributed by atoms with Crippen LogP contribution in [0.15, 0.2) is 0 Å². The van der Waals surface area contributed by atoms with E-state index in [9.17, 15) is 8.42 Å². The van der Waals surface area contributed by atoms with Gasteiger partial charge in [-0.05, 0) is 44.7 Å². The Kier molecular flexibility index (Phi) is 6.06. The van der Waals surface area contributed by atoms with E-state index in [4.69, 9.17) is 4.74 Å². The molecule has 1 unspecified atom stereocenters. The summed E-state index contributed by atoms with van der Waals surface area (Å²) in [6.45, 7) is 4.19. The van der Waals surface area contributed by atoms with Crippen LogP contribution in [0, 0.1) is 5.92 Å². The van der Waals surface area contributed by atoms with Crippen molar-refractivity contribution < 1.29 is 13.2 Å². The van der Waals surface area contributed by atoms with Crippen molar-refractivity contribution in [2.24, 2.45) is 5.92 Å². The predicted molar refractivity (Wildman–Crippen MR) is 76.1 cm³/mol. The molecule has 2 N–H and O–H groups in total. The van der Waals surface area contributed by atoms with Gasteiger partial charge >= 0.3 is 0 Å². The van der Waals surface area contributed by atoms with E-state index in [1.165, 1.54) is 12.8 Å².